The number of rotatable bonds is 6. The Labute approximate surface area is 114 Å². The summed E-state index contributed by atoms with van der Waals surface area (Å²) in [7, 11) is 0. The molecule has 3 N–H and O–H groups in total. The number of urea groups is 1. The van der Waals surface area contributed by atoms with Gasteiger partial charge >= 0.3 is 6.03 Å². The average molecular weight is 314 g/mol. The first-order chi connectivity index (χ1) is 8.69. The highest BCUT2D eigenvalue weighted by Gasteiger charge is 2.11. The molecule has 0 spiro atoms. The van der Waals surface area contributed by atoms with Crippen LogP contribution in [-0.2, 0) is 11.3 Å². The van der Waals surface area contributed by atoms with Gasteiger partial charge in [-0.05, 0) is 24.6 Å². The van der Waals surface area contributed by atoms with Crippen molar-refractivity contribution in [3.8, 4) is 0 Å². The molecular weight excluding hydrogens is 298 g/mol. The lowest BCUT2D eigenvalue weighted by Crippen LogP contribution is -2.39. The van der Waals surface area contributed by atoms with Gasteiger partial charge in [-0.15, -0.1) is 0 Å². The molecule has 0 radical (unpaired) electrons. The lowest BCUT2D eigenvalue weighted by atomic mass is 10.2. The molecule has 1 rings (SSSR count). The zero-order valence-corrected chi connectivity index (χ0v) is 11.5. The van der Waals surface area contributed by atoms with Crippen molar-refractivity contribution >= 4 is 28.4 Å². The fourth-order valence-corrected chi connectivity index (χ4v) is 1.80. The van der Waals surface area contributed by atoms with E-state index < -0.39 is 6.03 Å². The molecule has 98 valence electrons. The summed E-state index contributed by atoms with van der Waals surface area (Å²) in [6, 6.07) is 7.17. The number of benzene rings is 1. The summed E-state index contributed by atoms with van der Waals surface area (Å²) < 4.78 is 0.921. The van der Waals surface area contributed by atoms with E-state index in [-0.39, 0.29) is 0 Å². The SMILES string of the molecule is NCCCN(C=O)C(=O)NCc1ccccc1Br. The lowest BCUT2D eigenvalue weighted by molar-refractivity contribution is -0.115. The summed E-state index contributed by atoms with van der Waals surface area (Å²) in [6.45, 7) is 1.15. The summed E-state index contributed by atoms with van der Waals surface area (Å²) in [6.07, 6.45) is 1.12. The summed E-state index contributed by atoms with van der Waals surface area (Å²) >= 11 is 3.39. The van der Waals surface area contributed by atoms with Crippen molar-refractivity contribution in [1.82, 2.24) is 10.2 Å². The van der Waals surface area contributed by atoms with Crippen LogP contribution in [0.5, 0.6) is 0 Å². The number of carbonyl (C=O) groups excluding carboxylic acids is 2. The zero-order chi connectivity index (χ0) is 13.4. The van der Waals surface area contributed by atoms with Crippen LogP contribution in [0.3, 0.4) is 0 Å². The van der Waals surface area contributed by atoms with Crippen molar-refractivity contribution in [2.24, 2.45) is 5.73 Å². The third-order valence-electron chi connectivity index (χ3n) is 2.38. The van der Waals surface area contributed by atoms with Crippen LogP contribution in [0.15, 0.2) is 28.7 Å². The molecule has 5 nitrogen and oxygen atoms in total. The molecular formula is C12H16BrN3O2. The van der Waals surface area contributed by atoms with Gasteiger partial charge in [0.05, 0.1) is 0 Å². The fourth-order valence-electron chi connectivity index (χ4n) is 1.38. The average Bonchev–Trinajstić information content (AvgIpc) is 2.38. The maximum Gasteiger partial charge on any atom is 0.324 e. The first-order valence-corrected chi connectivity index (χ1v) is 6.41. The molecule has 0 saturated carbocycles. The number of hydrogen-bond donors (Lipinski definition) is 2. The standard InChI is InChI=1S/C12H16BrN3O2/c13-11-5-2-1-4-10(11)8-15-12(18)16(9-17)7-3-6-14/h1-2,4-5,9H,3,6-8,14H2,(H,15,18). The minimum absolute atomic E-state index is 0.335. The molecule has 0 atom stereocenters. The molecule has 6 heteroatoms. The highest BCUT2D eigenvalue weighted by molar-refractivity contribution is 9.10. The molecule has 1 aromatic carbocycles. The smallest absolute Gasteiger partial charge is 0.324 e. The van der Waals surface area contributed by atoms with Crippen molar-refractivity contribution in [1.29, 1.82) is 0 Å². The number of amides is 3. The van der Waals surface area contributed by atoms with E-state index in [4.69, 9.17) is 5.73 Å². The Balaban J connectivity index is 2.49. The summed E-state index contributed by atoms with van der Waals surface area (Å²) in [4.78, 5) is 23.5. The minimum Gasteiger partial charge on any atom is -0.334 e. The van der Waals surface area contributed by atoms with Crippen LogP contribution in [0, 0.1) is 0 Å². The molecule has 0 aliphatic carbocycles. The van der Waals surface area contributed by atoms with E-state index in [1.165, 1.54) is 0 Å². The summed E-state index contributed by atoms with van der Waals surface area (Å²) in [5, 5.41) is 2.68. The van der Waals surface area contributed by atoms with Crippen molar-refractivity contribution in [3.05, 3.63) is 34.3 Å². The van der Waals surface area contributed by atoms with Crippen LogP contribution in [0.25, 0.3) is 0 Å². The van der Waals surface area contributed by atoms with E-state index >= 15 is 0 Å². The van der Waals surface area contributed by atoms with Gasteiger partial charge in [0.25, 0.3) is 0 Å². The molecule has 1 aromatic rings. The van der Waals surface area contributed by atoms with E-state index in [0.29, 0.717) is 32.5 Å². The Morgan fingerprint density at radius 3 is 2.78 bits per heavy atom. The van der Waals surface area contributed by atoms with Gasteiger partial charge in [0.2, 0.25) is 6.41 Å². The number of nitrogens with zero attached hydrogens (tertiary/aromatic N) is 1. The number of imide groups is 1. The van der Waals surface area contributed by atoms with Gasteiger partial charge in [-0.3, -0.25) is 9.69 Å². The number of nitrogens with two attached hydrogens (primary N) is 1. The lowest BCUT2D eigenvalue weighted by Gasteiger charge is -2.16. The second-order valence-corrected chi connectivity index (χ2v) is 4.55. The van der Waals surface area contributed by atoms with Gasteiger partial charge in [0, 0.05) is 17.6 Å². The van der Waals surface area contributed by atoms with E-state index in [1.54, 1.807) is 0 Å². The molecule has 0 aliphatic heterocycles. The first kappa shape index (κ1) is 14.7. The fraction of sp³-hybridized carbons (Fsp3) is 0.333. The largest absolute Gasteiger partial charge is 0.334 e. The maximum atomic E-state index is 11.7. The van der Waals surface area contributed by atoms with E-state index in [1.807, 2.05) is 24.3 Å². The third kappa shape index (κ3) is 4.46. The van der Waals surface area contributed by atoms with Gasteiger partial charge < -0.3 is 11.1 Å². The van der Waals surface area contributed by atoms with Crippen LogP contribution >= 0.6 is 15.9 Å². The van der Waals surface area contributed by atoms with E-state index in [9.17, 15) is 9.59 Å². The molecule has 3 amide bonds. The molecule has 0 bridgehead atoms. The van der Waals surface area contributed by atoms with Crippen LogP contribution in [0.4, 0.5) is 4.79 Å². The Hall–Kier alpha value is -1.40. The topological polar surface area (TPSA) is 75.4 Å². The van der Waals surface area contributed by atoms with Gasteiger partial charge in [-0.2, -0.15) is 0 Å². The maximum absolute atomic E-state index is 11.7. The second-order valence-electron chi connectivity index (χ2n) is 3.69. The van der Waals surface area contributed by atoms with Crippen molar-refractivity contribution in [3.63, 3.8) is 0 Å². The molecule has 0 saturated heterocycles. The predicted octanol–water partition coefficient (Wildman–Crippen LogP) is 1.47. The van der Waals surface area contributed by atoms with Crippen LogP contribution in [0.1, 0.15) is 12.0 Å². The van der Waals surface area contributed by atoms with E-state index in [2.05, 4.69) is 21.2 Å². The minimum atomic E-state index is -0.408. The number of nitrogens with one attached hydrogen (secondary N) is 1. The van der Waals surface area contributed by atoms with Gasteiger partial charge in [-0.1, -0.05) is 34.1 Å². The van der Waals surface area contributed by atoms with Crippen LogP contribution in [0.2, 0.25) is 0 Å². The predicted molar refractivity (Wildman–Crippen MR) is 72.8 cm³/mol. The molecule has 0 aromatic heterocycles. The Morgan fingerprint density at radius 1 is 1.44 bits per heavy atom. The number of carbonyl (C=O) groups is 2. The van der Waals surface area contributed by atoms with Gasteiger partial charge in [0.1, 0.15) is 0 Å². The van der Waals surface area contributed by atoms with Crippen LogP contribution < -0.4 is 11.1 Å². The Morgan fingerprint density at radius 2 is 2.17 bits per heavy atom. The van der Waals surface area contributed by atoms with Gasteiger partial charge in [-0.25, -0.2) is 4.79 Å². The van der Waals surface area contributed by atoms with E-state index in [0.717, 1.165) is 14.9 Å². The highest BCUT2D eigenvalue weighted by Crippen LogP contribution is 2.15. The molecule has 0 unspecified atom stereocenters. The highest BCUT2D eigenvalue weighted by atomic mass is 79.9. The van der Waals surface area contributed by atoms with Crippen LogP contribution in [-0.4, -0.2) is 30.4 Å². The first-order valence-electron chi connectivity index (χ1n) is 5.62. The monoisotopic (exact) mass is 313 g/mol. The number of hydrogen-bond acceptors (Lipinski definition) is 3. The Bertz CT molecular complexity index is 412. The normalized spacial score (nSPS) is 9.89. The van der Waals surface area contributed by atoms with Crippen molar-refractivity contribution in [2.45, 2.75) is 13.0 Å². The summed E-state index contributed by atoms with van der Waals surface area (Å²) in [5.41, 5.74) is 6.29. The van der Waals surface area contributed by atoms with Gasteiger partial charge in [0.15, 0.2) is 0 Å². The molecule has 0 fully saturated rings. The zero-order valence-electron chi connectivity index (χ0n) is 9.93. The van der Waals surface area contributed by atoms with Crippen molar-refractivity contribution < 1.29 is 9.59 Å². The van der Waals surface area contributed by atoms with Crippen molar-refractivity contribution in [2.75, 3.05) is 13.1 Å². The number of halogens is 1. The summed E-state index contributed by atoms with van der Waals surface area (Å²) in [5.74, 6) is 0. The molecule has 18 heavy (non-hydrogen) atoms. The molecule has 0 heterocycles. The second kappa shape index (κ2) is 7.84. The Kier molecular flexibility index (Phi) is 6.38. The third-order valence-corrected chi connectivity index (χ3v) is 3.15. The molecule has 0 aliphatic rings. The quantitative estimate of drug-likeness (QED) is 0.781.